The third-order valence-corrected chi connectivity index (χ3v) is 4.13. The van der Waals surface area contributed by atoms with E-state index in [1.807, 2.05) is 27.7 Å². The first kappa shape index (κ1) is 25.6. The van der Waals surface area contributed by atoms with Crippen LogP contribution in [0.5, 0.6) is 0 Å². The average molecular weight is 397 g/mol. The van der Waals surface area contributed by atoms with E-state index in [0.717, 1.165) is 11.3 Å². The van der Waals surface area contributed by atoms with Crippen LogP contribution in [0.25, 0.3) is 0 Å². The van der Waals surface area contributed by atoms with Crippen molar-refractivity contribution in [3.05, 3.63) is 22.7 Å². The van der Waals surface area contributed by atoms with E-state index in [1.165, 1.54) is 0 Å². The van der Waals surface area contributed by atoms with Crippen molar-refractivity contribution in [1.82, 2.24) is 0 Å². The van der Waals surface area contributed by atoms with Gasteiger partial charge in [-0.2, -0.15) is 0 Å². The normalized spacial score (nSPS) is 17.1. The van der Waals surface area contributed by atoms with Gasteiger partial charge in [0.2, 0.25) is 0 Å². The number of nitrogens with zero attached hydrogens (tertiary/aromatic N) is 2. The van der Waals surface area contributed by atoms with Gasteiger partial charge in [0.15, 0.2) is 0 Å². The second-order valence-electron chi connectivity index (χ2n) is 6.09. The van der Waals surface area contributed by atoms with Gasteiger partial charge >= 0.3 is 5.97 Å². The van der Waals surface area contributed by atoms with Crippen LogP contribution in [-0.2, 0) is 21.6 Å². The molecule has 145 valence electrons. The molecule has 0 spiro atoms. The Morgan fingerprint density at radius 1 is 0.800 bits per heavy atom. The average Bonchev–Trinajstić information content (AvgIpc) is 2.50. The summed E-state index contributed by atoms with van der Waals surface area (Å²) in [5, 5.41) is 28.1. The Bertz CT molecular complexity index is 588. The van der Waals surface area contributed by atoms with E-state index in [0.29, 0.717) is 11.3 Å². The van der Waals surface area contributed by atoms with Crippen molar-refractivity contribution in [1.29, 1.82) is 0 Å². The molecule has 0 aromatic heterocycles. The number of aliphatic imine (C=N–C) groups is 2. The number of rotatable bonds is 8. The smallest absolute Gasteiger partial charge is 0.303 e. The molecule has 0 aromatic carbocycles. The summed E-state index contributed by atoms with van der Waals surface area (Å²) in [4.78, 5) is 19.7. The molecule has 0 aliphatic carbocycles. The quantitative estimate of drug-likeness (QED) is 0.421. The maximum absolute atomic E-state index is 10.6. The van der Waals surface area contributed by atoms with Crippen molar-refractivity contribution in [2.75, 3.05) is 0 Å². The molecule has 0 aromatic rings. The fraction of sp³-hybridized carbons (Fsp3) is 0.611. The van der Waals surface area contributed by atoms with Gasteiger partial charge in [-0.05, 0) is 48.5 Å². The fourth-order valence-electron chi connectivity index (χ4n) is 1.90. The van der Waals surface area contributed by atoms with Crippen LogP contribution in [-0.4, -0.2) is 44.8 Å². The number of aliphatic hydroxyl groups excluding tert-OH is 2. The van der Waals surface area contributed by atoms with Gasteiger partial charge in [-0.25, -0.2) is 0 Å². The van der Waals surface area contributed by atoms with Crippen LogP contribution in [0, 0.1) is 0 Å². The van der Waals surface area contributed by atoms with E-state index >= 15 is 0 Å². The Balaban J connectivity index is 0. The van der Waals surface area contributed by atoms with E-state index < -0.39 is 5.97 Å². The van der Waals surface area contributed by atoms with Gasteiger partial charge in [-0.3, -0.25) is 14.8 Å². The summed E-state index contributed by atoms with van der Waals surface area (Å²) in [6.45, 7) is 12.7. The molecule has 6 nitrogen and oxygen atoms in total. The topological polar surface area (TPSA) is 102 Å². The number of aliphatic carboxylic acids is 1. The van der Waals surface area contributed by atoms with Crippen molar-refractivity contribution < 1.29 is 36.9 Å². The number of hydrogen-bond donors (Lipinski definition) is 3. The second kappa shape index (κ2) is 11.9. The first-order valence-corrected chi connectivity index (χ1v) is 8.03. The van der Waals surface area contributed by atoms with Crippen LogP contribution in [0.1, 0.15) is 61.3 Å². The second-order valence-corrected chi connectivity index (χ2v) is 6.09. The number of allylic oxidation sites excluding steroid dienone is 4. The van der Waals surface area contributed by atoms with Crippen LogP contribution in [0.2, 0.25) is 0 Å². The molecule has 3 N–H and O–H groups in total. The number of hydrogen-bond acceptors (Lipinski definition) is 5. The van der Waals surface area contributed by atoms with Crippen LogP contribution < -0.4 is 0 Å². The predicted molar refractivity (Wildman–Crippen MR) is 98.3 cm³/mol. The Morgan fingerprint density at radius 3 is 1.56 bits per heavy atom. The molecule has 0 saturated heterocycles. The van der Waals surface area contributed by atoms with Crippen LogP contribution in [0.3, 0.4) is 0 Å². The zero-order chi connectivity index (χ0) is 19.0. The molecule has 0 rings (SSSR count). The standard InChI is InChI=1S/C18H30N2O4.Co/c1-10(16(7)21)12(3)19-14(5)15(6)20-13(4)11(2)17(22)8-9-18(23)24;/h14-15,21-22H,8-9H2,1-7H3,(H,23,24);/b16-10-,17-11-,19-12?,20-13?;. The molecule has 0 amide bonds. The summed E-state index contributed by atoms with van der Waals surface area (Å²) in [5.41, 5.74) is 2.77. The molecule has 25 heavy (non-hydrogen) atoms. The largest absolute Gasteiger partial charge is 0.512 e. The summed E-state index contributed by atoms with van der Waals surface area (Å²) in [7, 11) is 0. The van der Waals surface area contributed by atoms with E-state index in [4.69, 9.17) is 5.11 Å². The molecular formula is C18H30CoN2O4. The van der Waals surface area contributed by atoms with Gasteiger partial charge in [-0.1, -0.05) is 0 Å². The van der Waals surface area contributed by atoms with Gasteiger partial charge in [0.1, 0.15) is 0 Å². The number of carboxylic acid groups (broad SMARTS) is 1. The molecular weight excluding hydrogens is 367 g/mol. The minimum absolute atomic E-state index is 0. The van der Waals surface area contributed by atoms with Crippen molar-refractivity contribution >= 4 is 17.4 Å². The Labute approximate surface area is 160 Å². The molecule has 0 saturated carbocycles. The molecule has 0 aliphatic rings. The maximum Gasteiger partial charge on any atom is 0.303 e. The molecule has 2 atom stereocenters. The third-order valence-electron chi connectivity index (χ3n) is 4.13. The molecule has 1 radical (unpaired) electrons. The van der Waals surface area contributed by atoms with Gasteiger partial charge in [-0.15, -0.1) is 0 Å². The number of aliphatic hydroxyl groups is 2. The Hall–Kier alpha value is -1.60. The van der Waals surface area contributed by atoms with Crippen LogP contribution in [0.4, 0.5) is 0 Å². The molecule has 0 heterocycles. The maximum atomic E-state index is 10.6. The fourth-order valence-corrected chi connectivity index (χ4v) is 1.90. The van der Waals surface area contributed by atoms with Crippen LogP contribution >= 0.6 is 0 Å². The minimum Gasteiger partial charge on any atom is -0.512 e. The number of carboxylic acids is 1. The number of carbonyl (C=O) groups is 1. The van der Waals surface area contributed by atoms with Gasteiger partial charge < -0.3 is 15.3 Å². The van der Waals surface area contributed by atoms with E-state index in [2.05, 4.69) is 9.98 Å². The molecule has 0 aliphatic heterocycles. The van der Waals surface area contributed by atoms with Gasteiger partial charge in [0, 0.05) is 45.8 Å². The zero-order valence-electron chi connectivity index (χ0n) is 16.0. The Morgan fingerprint density at radius 2 is 1.20 bits per heavy atom. The van der Waals surface area contributed by atoms with Crippen molar-refractivity contribution in [2.24, 2.45) is 9.98 Å². The SMILES string of the molecule is CC(=NC(C)C(C)N=C(C)/C(C)=C(\O)CCC(=O)O)/C(C)=C(/C)O.[Co]. The van der Waals surface area contributed by atoms with Crippen molar-refractivity contribution in [3.8, 4) is 0 Å². The summed E-state index contributed by atoms with van der Waals surface area (Å²) in [6, 6.07) is -0.211. The molecule has 7 heteroatoms. The minimum atomic E-state index is -0.946. The zero-order valence-corrected chi connectivity index (χ0v) is 17.1. The predicted octanol–water partition coefficient (Wildman–Crippen LogP) is 4.23. The molecule has 0 fully saturated rings. The van der Waals surface area contributed by atoms with Gasteiger partial charge in [0.25, 0.3) is 0 Å². The van der Waals surface area contributed by atoms with Crippen LogP contribution in [0.15, 0.2) is 32.6 Å². The van der Waals surface area contributed by atoms with Crippen molar-refractivity contribution in [2.45, 2.75) is 73.4 Å². The third kappa shape index (κ3) is 9.45. The summed E-state index contributed by atoms with van der Waals surface area (Å²) < 4.78 is 0. The Kier molecular flexibility index (Phi) is 12.2. The van der Waals surface area contributed by atoms with Crippen molar-refractivity contribution in [3.63, 3.8) is 0 Å². The van der Waals surface area contributed by atoms with E-state index in [-0.39, 0.29) is 53.2 Å². The summed E-state index contributed by atoms with van der Waals surface area (Å²) in [5.74, 6) is -0.649. The van der Waals surface area contributed by atoms with E-state index in [1.54, 1.807) is 20.8 Å². The monoisotopic (exact) mass is 397 g/mol. The van der Waals surface area contributed by atoms with E-state index in [9.17, 15) is 15.0 Å². The summed E-state index contributed by atoms with van der Waals surface area (Å²) >= 11 is 0. The molecule has 0 bridgehead atoms. The first-order chi connectivity index (χ1) is 11.0. The van der Waals surface area contributed by atoms with Gasteiger partial charge in [0.05, 0.1) is 30.0 Å². The first-order valence-electron chi connectivity index (χ1n) is 8.03. The summed E-state index contributed by atoms with van der Waals surface area (Å²) in [6.07, 6.45) is -0.0208. The molecule has 2 unspecified atom stereocenters.